The summed E-state index contributed by atoms with van der Waals surface area (Å²) >= 11 is 1.69. The Balaban J connectivity index is 1.92. The lowest BCUT2D eigenvalue weighted by molar-refractivity contribution is 0.647. The number of benzene rings is 1. The van der Waals surface area contributed by atoms with Gasteiger partial charge in [-0.05, 0) is 24.8 Å². The number of thiazole rings is 1. The molecule has 0 unspecified atom stereocenters. The summed E-state index contributed by atoms with van der Waals surface area (Å²) in [5, 5.41) is 2.14. The zero-order valence-corrected chi connectivity index (χ0v) is 12.4. The third kappa shape index (κ3) is 2.43. The third-order valence-electron chi connectivity index (χ3n) is 3.28. The van der Waals surface area contributed by atoms with Crippen molar-refractivity contribution in [3.8, 4) is 11.3 Å². The van der Waals surface area contributed by atoms with E-state index in [-0.39, 0.29) is 0 Å². The molecule has 0 saturated heterocycles. The second-order valence-corrected chi connectivity index (χ2v) is 6.29. The highest BCUT2D eigenvalue weighted by molar-refractivity contribution is 7.15. The van der Waals surface area contributed by atoms with E-state index in [9.17, 15) is 0 Å². The maximum atomic E-state index is 4.68. The molecule has 3 heteroatoms. The predicted octanol–water partition coefficient (Wildman–Crippen LogP) is 4.57. The van der Waals surface area contributed by atoms with Gasteiger partial charge in [-0.1, -0.05) is 38.1 Å². The van der Waals surface area contributed by atoms with Gasteiger partial charge in [0.1, 0.15) is 0 Å². The Kier molecular flexibility index (Phi) is 3.15. The Morgan fingerprint density at radius 3 is 2.58 bits per heavy atom. The largest absolute Gasteiger partial charge is 0.294 e. The monoisotopic (exact) mass is 270 g/mol. The lowest BCUT2D eigenvalue weighted by Crippen LogP contribution is -1.93. The van der Waals surface area contributed by atoms with Crippen LogP contribution in [-0.4, -0.2) is 9.38 Å². The van der Waals surface area contributed by atoms with Gasteiger partial charge in [0.15, 0.2) is 4.96 Å². The second-order valence-electron chi connectivity index (χ2n) is 5.45. The summed E-state index contributed by atoms with van der Waals surface area (Å²) in [6.07, 6.45) is 3.26. The predicted molar refractivity (Wildman–Crippen MR) is 81.8 cm³/mol. The van der Waals surface area contributed by atoms with Crippen molar-refractivity contribution in [1.82, 2.24) is 9.38 Å². The van der Waals surface area contributed by atoms with Crippen LogP contribution in [0.5, 0.6) is 0 Å². The van der Waals surface area contributed by atoms with Crippen molar-refractivity contribution in [3.63, 3.8) is 0 Å². The van der Waals surface area contributed by atoms with E-state index in [1.165, 1.54) is 16.8 Å². The highest BCUT2D eigenvalue weighted by Crippen LogP contribution is 2.24. The van der Waals surface area contributed by atoms with Crippen LogP contribution < -0.4 is 0 Å². The first kappa shape index (κ1) is 12.4. The summed E-state index contributed by atoms with van der Waals surface area (Å²) in [6.45, 7) is 6.61. The van der Waals surface area contributed by atoms with E-state index in [4.69, 9.17) is 0 Å². The molecule has 98 valence electrons. The van der Waals surface area contributed by atoms with Crippen molar-refractivity contribution >= 4 is 16.3 Å². The summed E-state index contributed by atoms with van der Waals surface area (Å²) in [5.74, 6) is 0.700. The summed E-state index contributed by atoms with van der Waals surface area (Å²) in [7, 11) is 0. The van der Waals surface area contributed by atoms with Gasteiger partial charge in [0.05, 0.1) is 5.69 Å². The smallest absolute Gasteiger partial charge is 0.194 e. The molecule has 19 heavy (non-hydrogen) atoms. The Morgan fingerprint density at radius 2 is 1.95 bits per heavy atom. The Labute approximate surface area is 117 Å². The van der Waals surface area contributed by atoms with Gasteiger partial charge in [-0.25, -0.2) is 4.98 Å². The maximum Gasteiger partial charge on any atom is 0.194 e. The average molecular weight is 270 g/mol. The van der Waals surface area contributed by atoms with E-state index in [0.717, 1.165) is 17.1 Å². The minimum atomic E-state index is 0.700. The van der Waals surface area contributed by atoms with Crippen LogP contribution in [0.25, 0.3) is 16.2 Å². The van der Waals surface area contributed by atoms with E-state index >= 15 is 0 Å². The molecule has 0 spiro atoms. The molecule has 0 bridgehead atoms. The first-order chi connectivity index (χ1) is 9.13. The third-order valence-corrected chi connectivity index (χ3v) is 4.24. The van der Waals surface area contributed by atoms with Crippen LogP contribution in [0.2, 0.25) is 0 Å². The van der Waals surface area contributed by atoms with Crippen molar-refractivity contribution in [1.29, 1.82) is 0 Å². The molecule has 0 aliphatic heterocycles. The van der Waals surface area contributed by atoms with Gasteiger partial charge in [0.25, 0.3) is 0 Å². The molecule has 2 nitrogen and oxygen atoms in total. The maximum absolute atomic E-state index is 4.68. The molecule has 2 aromatic heterocycles. The molecule has 3 rings (SSSR count). The molecule has 0 aliphatic carbocycles. The van der Waals surface area contributed by atoms with Crippen molar-refractivity contribution < 1.29 is 0 Å². The van der Waals surface area contributed by atoms with E-state index in [0.29, 0.717) is 5.92 Å². The van der Waals surface area contributed by atoms with Crippen LogP contribution >= 0.6 is 11.3 Å². The van der Waals surface area contributed by atoms with Crippen LogP contribution in [0.4, 0.5) is 0 Å². The van der Waals surface area contributed by atoms with E-state index in [2.05, 4.69) is 66.0 Å². The fourth-order valence-corrected chi connectivity index (χ4v) is 3.17. The number of fused-ring (bicyclic) bond motifs is 1. The zero-order valence-electron chi connectivity index (χ0n) is 11.6. The van der Waals surface area contributed by atoms with Crippen LogP contribution in [0.1, 0.15) is 25.1 Å². The van der Waals surface area contributed by atoms with Gasteiger partial charge in [0.2, 0.25) is 0 Å². The van der Waals surface area contributed by atoms with Crippen LogP contribution in [0.3, 0.4) is 0 Å². The van der Waals surface area contributed by atoms with Gasteiger partial charge in [-0.3, -0.25) is 4.40 Å². The van der Waals surface area contributed by atoms with Crippen molar-refractivity contribution in [2.24, 2.45) is 5.92 Å². The minimum absolute atomic E-state index is 0.700. The molecular weight excluding hydrogens is 252 g/mol. The summed E-state index contributed by atoms with van der Waals surface area (Å²) in [6, 6.07) is 8.80. The van der Waals surface area contributed by atoms with Crippen LogP contribution in [0, 0.1) is 12.8 Å². The van der Waals surface area contributed by atoms with E-state index in [1.807, 2.05) is 0 Å². The lowest BCUT2D eigenvalue weighted by atomic mass is 10.0. The molecule has 0 atom stereocenters. The molecule has 2 heterocycles. The summed E-state index contributed by atoms with van der Waals surface area (Å²) in [5.41, 5.74) is 4.90. The number of hydrogen-bond donors (Lipinski definition) is 0. The molecule has 1 aromatic carbocycles. The Morgan fingerprint density at radius 1 is 1.21 bits per heavy atom. The van der Waals surface area contributed by atoms with Gasteiger partial charge in [0, 0.05) is 22.8 Å². The molecule has 0 N–H and O–H groups in total. The Hall–Kier alpha value is -1.61. The lowest BCUT2D eigenvalue weighted by Gasteiger charge is -2.05. The molecule has 0 radical (unpaired) electrons. The average Bonchev–Trinajstić information content (AvgIpc) is 2.92. The fourth-order valence-electron chi connectivity index (χ4n) is 2.32. The SMILES string of the molecule is Cc1csc2nc(-c3ccc(CC(C)C)cc3)cn12. The topological polar surface area (TPSA) is 17.3 Å². The molecule has 0 saturated carbocycles. The second kappa shape index (κ2) is 4.82. The van der Waals surface area contributed by atoms with E-state index < -0.39 is 0 Å². The molecule has 0 amide bonds. The quantitative estimate of drug-likeness (QED) is 0.681. The number of hydrogen-bond acceptors (Lipinski definition) is 2. The molecule has 3 aromatic rings. The zero-order chi connectivity index (χ0) is 13.4. The van der Waals surface area contributed by atoms with Gasteiger partial charge in [-0.2, -0.15) is 0 Å². The minimum Gasteiger partial charge on any atom is -0.294 e. The van der Waals surface area contributed by atoms with Gasteiger partial charge >= 0.3 is 0 Å². The highest BCUT2D eigenvalue weighted by Gasteiger charge is 2.07. The molecular formula is C16H18N2S. The molecule has 0 aliphatic rings. The number of aryl methyl sites for hydroxylation is 1. The number of imidazole rings is 1. The first-order valence-corrected chi connectivity index (χ1v) is 7.54. The number of aromatic nitrogens is 2. The van der Waals surface area contributed by atoms with Gasteiger partial charge < -0.3 is 0 Å². The first-order valence-electron chi connectivity index (χ1n) is 6.66. The van der Waals surface area contributed by atoms with Gasteiger partial charge in [-0.15, -0.1) is 11.3 Å². The summed E-state index contributed by atoms with van der Waals surface area (Å²) in [4.78, 5) is 5.74. The van der Waals surface area contributed by atoms with E-state index in [1.54, 1.807) is 11.3 Å². The normalized spacial score (nSPS) is 11.6. The van der Waals surface area contributed by atoms with Crippen molar-refractivity contribution in [2.45, 2.75) is 27.2 Å². The number of nitrogens with zero attached hydrogens (tertiary/aromatic N) is 2. The standard InChI is InChI=1S/C16H18N2S/c1-11(2)8-13-4-6-14(7-5-13)15-9-18-12(3)10-19-16(18)17-15/h4-7,9-11H,8H2,1-3H3. The fraction of sp³-hybridized carbons (Fsp3) is 0.312. The van der Waals surface area contributed by atoms with Crippen molar-refractivity contribution in [3.05, 3.63) is 47.1 Å². The Bertz CT molecular complexity index is 689. The summed E-state index contributed by atoms with van der Waals surface area (Å²) < 4.78 is 2.15. The number of rotatable bonds is 3. The molecule has 0 fully saturated rings. The highest BCUT2D eigenvalue weighted by atomic mass is 32.1. The van der Waals surface area contributed by atoms with Crippen LogP contribution in [0.15, 0.2) is 35.8 Å². The van der Waals surface area contributed by atoms with Crippen molar-refractivity contribution in [2.75, 3.05) is 0 Å². The van der Waals surface area contributed by atoms with Crippen LogP contribution in [-0.2, 0) is 6.42 Å².